The number of fused-ring (bicyclic) bond motifs is 1. The van der Waals surface area contributed by atoms with Gasteiger partial charge in [-0.05, 0) is 75.4 Å². The number of hydrogen-bond donors (Lipinski definition) is 0. The first-order chi connectivity index (χ1) is 14.1. The molecule has 2 rings (SSSR count). The van der Waals surface area contributed by atoms with E-state index in [-0.39, 0.29) is 5.91 Å². The van der Waals surface area contributed by atoms with Gasteiger partial charge in [0.25, 0.3) is 5.91 Å². The normalized spacial score (nSPS) is 13.1. The third-order valence-electron chi connectivity index (χ3n) is 5.83. The van der Waals surface area contributed by atoms with Crippen molar-refractivity contribution in [2.24, 2.45) is 0 Å². The highest BCUT2D eigenvalue weighted by Crippen LogP contribution is 2.28. The fourth-order valence-electron chi connectivity index (χ4n) is 4.09. The maximum atomic E-state index is 12.6. The Hall–Kier alpha value is -1.99. The topological polar surface area (TPSA) is 26.8 Å². The smallest absolute Gasteiger partial charge is 0.298 e. The van der Waals surface area contributed by atoms with E-state index >= 15 is 0 Å². The third kappa shape index (κ3) is 7.08. The van der Waals surface area contributed by atoms with Crippen LogP contribution in [0, 0.1) is 11.8 Å². The highest BCUT2D eigenvalue weighted by molar-refractivity contribution is 5.93. The zero-order valence-electron chi connectivity index (χ0n) is 19.0. The summed E-state index contributed by atoms with van der Waals surface area (Å²) in [6.45, 7) is 15.2. The fraction of sp³-hybridized carbons (Fsp3) is 0.640. The van der Waals surface area contributed by atoms with Gasteiger partial charge in [0.1, 0.15) is 0 Å². The number of nitrogens with zero attached hydrogens (tertiary/aromatic N) is 3. The van der Waals surface area contributed by atoms with Crippen LogP contribution in [0.2, 0.25) is 0 Å². The van der Waals surface area contributed by atoms with Gasteiger partial charge in [0.05, 0.1) is 0 Å². The number of anilines is 1. The number of unbranched alkanes of at least 4 members (excludes halogenated alkanes) is 1. The van der Waals surface area contributed by atoms with Gasteiger partial charge in [-0.25, -0.2) is 0 Å². The molecule has 1 aromatic rings. The summed E-state index contributed by atoms with van der Waals surface area (Å²) in [6.07, 6.45) is 5.80. The number of aryl methyl sites for hydroxylation is 1. The van der Waals surface area contributed by atoms with Gasteiger partial charge in [-0.2, -0.15) is 0 Å². The van der Waals surface area contributed by atoms with Crippen LogP contribution < -0.4 is 4.90 Å². The minimum Gasteiger partial charge on any atom is -0.371 e. The van der Waals surface area contributed by atoms with Crippen LogP contribution in [-0.4, -0.2) is 55.0 Å². The molecule has 0 N–H and O–H groups in total. The van der Waals surface area contributed by atoms with E-state index in [2.05, 4.69) is 60.6 Å². The molecule has 4 nitrogen and oxygen atoms in total. The summed E-state index contributed by atoms with van der Waals surface area (Å²) >= 11 is 0. The second-order valence-corrected chi connectivity index (χ2v) is 7.89. The van der Waals surface area contributed by atoms with Crippen LogP contribution >= 0.6 is 0 Å². The van der Waals surface area contributed by atoms with Gasteiger partial charge in [-0.1, -0.05) is 45.2 Å². The molecule has 1 heterocycles. The number of hydrogen-bond acceptors (Lipinski definition) is 3. The van der Waals surface area contributed by atoms with Crippen molar-refractivity contribution in [1.82, 2.24) is 9.80 Å². The number of rotatable bonds is 11. The minimum absolute atomic E-state index is 0.0608. The molecule has 0 radical (unpaired) electrons. The Balaban J connectivity index is 2.07. The van der Waals surface area contributed by atoms with Crippen molar-refractivity contribution >= 4 is 11.6 Å². The Kier molecular flexibility index (Phi) is 10.1. The zero-order chi connectivity index (χ0) is 21.1. The second-order valence-electron chi connectivity index (χ2n) is 7.89. The fourth-order valence-corrected chi connectivity index (χ4v) is 4.09. The predicted molar refractivity (Wildman–Crippen MR) is 123 cm³/mol. The van der Waals surface area contributed by atoms with Crippen LogP contribution in [-0.2, 0) is 17.8 Å². The molecular formula is C25H39N3O. The first-order valence-electron chi connectivity index (χ1n) is 11.4. The Morgan fingerprint density at radius 1 is 1.14 bits per heavy atom. The summed E-state index contributed by atoms with van der Waals surface area (Å²) in [5.41, 5.74) is 4.04. The van der Waals surface area contributed by atoms with Crippen molar-refractivity contribution in [3.63, 3.8) is 0 Å². The lowest BCUT2D eigenvalue weighted by Crippen LogP contribution is -2.33. The minimum atomic E-state index is -0.0608. The number of carbonyl (C=O) groups is 1. The molecule has 1 amide bonds. The number of amides is 1. The number of benzene rings is 1. The van der Waals surface area contributed by atoms with Crippen molar-refractivity contribution in [3.05, 3.63) is 29.3 Å². The Morgan fingerprint density at radius 2 is 1.93 bits per heavy atom. The molecule has 29 heavy (non-hydrogen) atoms. The molecule has 1 aliphatic heterocycles. The van der Waals surface area contributed by atoms with Crippen LogP contribution in [0.15, 0.2) is 18.2 Å². The quantitative estimate of drug-likeness (QED) is 0.520. The first kappa shape index (κ1) is 23.3. The van der Waals surface area contributed by atoms with Gasteiger partial charge in [0.2, 0.25) is 0 Å². The average molecular weight is 398 g/mol. The largest absolute Gasteiger partial charge is 0.371 e. The lowest BCUT2D eigenvalue weighted by molar-refractivity contribution is -0.125. The average Bonchev–Trinajstić information content (AvgIpc) is 2.74. The SMILES string of the molecule is CC#CC(=O)N(CCCN(CC)CC)Cc1ccc2c(c1)CCCN2CCCC. The second kappa shape index (κ2) is 12.5. The summed E-state index contributed by atoms with van der Waals surface area (Å²) < 4.78 is 0. The molecular weight excluding hydrogens is 358 g/mol. The van der Waals surface area contributed by atoms with E-state index in [9.17, 15) is 4.79 Å². The molecule has 0 saturated carbocycles. The van der Waals surface area contributed by atoms with Gasteiger partial charge in [-0.15, -0.1) is 0 Å². The molecule has 0 spiro atoms. The van der Waals surface area contributed by atoms with Gasteiger partial charge in [-0.3, -0.25) is 4.79 Å². The van der Waals surface area contributed by atoms with Crippen molar-refractivity contribution < 1.29 is 4.79 Å². The van der Waals surface area contributed by atoms with E-state index in [1.807, 2.05) is 4.90 Å². The summed E-state index contributed by atoms with van der Waals surface area (Å²) in [5, 5.41) is 0. The Labute approximate surface area is 178 Å². The molecule has 0 bridgehead atoms. The highest BCUT2D eigenvalue weighted by Gasteiger charge is 2.18. The van der Waals surface area contributed by atoms with E-state index in [4.69, 9.17) is 0 Å². The molecule has 0 fully saturated rings. The zero-order valence-corrected chi connectivity index (χ0v) is 19.0. The lowest BCUT2D eigenvalue weighted by Gasteiger charge is -2.32. The van der Waals surface area contributed by atoms with Crippen LogP contribution in [0.3, 0.4) is 0 Å². The highest BCUT2D eigenvalue weighted by atomic mass is 16.2. The monoisotopic (exact) mass is 397 g/mol. The third-order valence-corrected chi connectivity index (χ3v) is 5.83. The molecule has 0 saturated heterocycles. The van der Waals surface area contributed by atoms with E-state index in [1.165, 1.54) is 36.1 Å². The maximum absolute atomic E-state index is 12.6. The molecule has 0 unspecified atom stereocenters. The molecule has 0 aliphatic carbocycles. The van der Waals surface area contributed by atoms with E-state index in [0.717, 1.165) is 52.1 Å². The summed E-state index contributed by atoms with van der Waals surface area (Å²) in [5.74, 6) is 5.45. The standard InChI is InChI=1S/C25H39N3O/c1-5-9-17-27-18-10-13-23-20-22(14-15-24(23)27)21-28(25(29)12-6-2)19-11-16-26(7-3)8-4/h14-15,20H,5,7-11,13,16-19,21H2,1-4H3. The van der Waals surface area contributed by atoms with Crippen LogP contribution in [0.5, 0.6) is 0 Å². The van der Waals surface area contributed by atoms with Crippen LogP contribution in [0.4, 0.5) is 5.69 Å². The molecule has 160 valence electrons. The van der Waals surface area contributed by atoms with Gasteiger partial charge in [0, 0.05) is 31.9 Å². The first-order valence-corrected chi connectivity index (χ1v) is 11.4. The molecule has 0 atom stereocenters. The van der Waals surface area contributed by atoms with Crippen LogP contribution in [0.25, 0.3) is 0 Å². The van der Waals surface area contributed by atoms with Crippen molar-refractivity contribution in [2.75, 3.05) is 44.2 Å². The summed E-state index contributed by atoms with van der Waals surface area (Å²) in [7, 11) is 0. The summed E-state index contributed by atoms with van der Waals surface area (Å²) in [6, 6.07) is 6.79. The van der Waals surface area contributed by atoms with E-state index < -0.39 is 0 Å². The van der Waals surface area contributed by atoms with Crippen molar-refractivity contribution in [2.45, 2.75) is 66.3 Å². The molecule has 4 heteroatoms. The van der Waals surface area contributed by atoms with Gasteiger partial charge >= 0.3 is 0 Å². The van der Waals surface area contributed by atoms with E-state index in [0.29, 0.717) is 6.54 Å². The number of carbonyl (C=O) groups excluding carboxylic acids is 1. The lowest BCUT2D eigenvalue weighted by atomic mass is 9.98. The van der Waals surface area contributed by atoms with Gasteiger partial charge < -0.3 is 14.7 Å². The van der Waals surface area contributed by atoms with Crippen molar-refractivity contribution in [1.29, 1.82) is 0 Å². The van der Waals surface area contributed by atoms with Gasteiger partial charge in [0.15, 0.2) is 0 Å². The molecule has 1 aliphatic rings. The predicted octanol–water partition coefficient (Wildman–Crippen LogP) is 4.32. The Morgan fingerprint density at radius 3 is 2.62 bits per heavy atom. The van der Waals surface area contributed by atoms with Crippen molar-refractivity contribution in [3.8, 4) is 11.8 Å². The molecule has 1 aromatic carbocycles. The summed E-state index contributed by atoms with van der Waals surface area (Å²) in [4.78, 5) is 19.4. The molecule has 0 aromatic heterocycles. The van der Waals surface area contributed by atoms with Crippen LogP contribution in [0.1, 0.15) is 64.5 Å². The van der Waals surface area contributed by atoms with E-state index in [1.54, 1.807) is 6.92 Å². The Bertz CT molecular complexity index is 700. The maximum Gasteiger partial charge on any atom is 0.298 e.